The highest BCUT2D eigenvalue weighted by molar-refractivity contribution is 9.12. The smallest absolute Gasteiger partial charge is 0.177 e. The summed E-state index contributed by atoms with van der Waals surface area (Å²) in [6.45, 7) is 1.97. The van der Waals surface area contributed by atoms with Gasteiger partial charge in [-0.25, -0.2) is 0 Å². The van der Waals surface area contributed by atoms with Gasteiger partial charge >= 0.3 is 0 Å². The molecule has 0 radical (unpaired) electrons. The van der Waals surface area contributed by atoms with E-state index in [1.54, 1.807) is 0 Å². The van der Waals surface area contributed by atoms with E-state index < -0.39 is 0 Å². The predicted molar refractivity (Wildman–Crippen MR) is 69.7 cm³/mol. The Morgan fingerprint density at radius 1 is 1.50 bits per heavy atom. The van der Waals surface area contributed by atoms with Gasteiger partial charge in [0.1, 0.15) is 0 Å². The van der Waals surface area contributed by atoms with Gasteiger partial charge in [-0.3, -0.25) is 4.79 Å². The molecule has 0 fully saturated rings. The first-order valence-electron chi connectivity index (χ1n) is 4.06. The third-order valence-corrected chi connectivity index (χ3v) is 5.01. The Hall–Kier alpha value is 0.330. The van der Waals surface area contributed by atoms with Crippen molar-refractivity contribution in [3.63, 3.8) is 0 Å². The maximum Gasteiger partial charge on any atom is 0.177 e. The summed E-state index contributed by atoms with van der Waals surface area (Å²) in [7, 11) is 0. The molecule has 0 N–H and O–H groups in total. The van der Waals surface area contributed by atoms with Crippen molar-refractivity contribution in [3.05, 3.63) is 33.8 Å². The zero-order chi connectivity index (χ0) is 10.7. The fourth-order valence-electron chi connectivity index (χ4n) is 1.05. The molecule has 0 heterocycles. The van der Waals surface area contributed by atoms with Crippen LogP contribution in [0, 0.1) is 6.92 Å². The summed E-state index contributed by atoms with van der Waals surface area (Å²) in [4.78, 5) is 11.6. The first-order valence-corrected chi connectivity index (χ1v) is 6.89. The Bertz CT molecular complexity index is 349. The third kappa shape index (κ3) is 2.91. The number of halogens is 3. The number of alkyl halides is 2. The second-order valence-corrected chi connectivity index (χ2v) is 5.56. The molecule has 1 atom stereocenters. The molecule has 76 valence electrons. The molecular weight excluding hydrogens is 376 g/mol. The Kier molecular flexibility index (Phi) is 4.80. The first kappa shape index (κ1) is 12.4. The number of rotatable bonds is 3. The van der Waals surface area contributed by atoms with Crippen LogP contribution in [0.2, 0.25) is 0 Å². The molecule has 4 heteroatoms. The van der Waals surface area contributed by atoms with Crippen LogP contribution < -0.4 is 0 Å². The second kappa shape index (κ2) is 5.42. The largest absolute Gasteiger partial charge is 0.293 e. The standard InChI is InChI=1S/C10H9Br3O/c1-6-4-7(2-3-8(6)12)10(14)9(13)5-11/h2-4,9H,5H2,1H3. The van der Waals surface area contributed by atoms with Gasteiger partial charge in [0.2, 0.25) is 0 Å². The topological polar surface area (TPSA) is 17.1 Å². The number of benzene rings is 1. The third-order valence-electron chi connectivity index (χ3n) is 1.86. The predicted octanol–water partition coefficient (Wildman–Crippen LogP) is 4.10. The molecule has 0 bridgehead atoms. The molecular formula is C10H9Br3O. The molecule has 0 aromatic heterocycles. The molecule has 0 amide bonds. The summed E-state index contributed by atoms with van der Waals surface area (Å²) >= 11 is 9.98. The van der Waals surface area contributed by atoms with Gasteiger partial charge in [-0.15, -0.1) is 0 Å². The number of hydrogen-bond acceptors (Lipinski definition) is 1. The molecule has 0 spiro atoms. The van der Waals surface area contributed by atoms with E-state index in [4.69, 9.17) is 0 Å². The molecule has 1 aromatic carbocycles. The van der Waals surface area contributed by atoms with Crippen LogP contribution in [0.1, 0.15) is 15.9 Å². The van der Waals surface area contributed by atoms with Crippen molar-refractivity contribution in [3.8, 4) is 0 Å². The van der Waals surface area contributed by atoms with Crippen molar-refractivity contribution in [1.29, 1.82) is 0 Å². The molecule has 0 saturated heterocycles. The average Bonchev–Trinajstić information content (AvgIpc) is 2.20. The Labute approximate surface area is 109 Å². The van der Waals surface area contributed by atoms with Crippen LogP contribution in [-0.2, 0) is 0 Å². The fourth-order valence-corrected chi connectivity index (χ4v) is 1.85. The number of Topliss-reactive ketones (excluding diaryl/α,β-unsaturated/α-hetero) is 1. The van der Waals surface area contributed by atoms with Crippen molar-refractivity contribution in [2.24, 2.45) is 0 Å². The minimum Gasteiger partial charge on any atom is -0.293 e. The molecule has 1 rings (SSSR count). The normalized spacial score (nSPS) is 12.6. The van der Waals surface area contributed by atoms with E-state index in [9.17, 15) is 4.79 Å². The zero-order valence-electron chi connectivity index (χ0n) is 7.56. The van der Waals surface area contributed by atoms with Gasteiger partial charge in [0.25, 0.3) is 0 Å². The van der Waals surface area contributed by atoms with Crippen molar-refractivity contribution in [2.45, 2.75) is 11.8 Å². The van der Waals surface area contributed by atoms with Gasteiger partial charge in [-0.1, -0.05) is 53.9 Å². The first-order chi connectivity index (χ1) is 6.56. The fraction of sp³-hybridized carbons (Fsp3) is 0.300. The van der Waals surface area contributed by atoms with Crippen LogP contribution in [0.5, 0.6) is 0 Å². The van der Waals surface area contributed by atoms with Gasteiger partial charge in [0.05, 0.1) is 4.83 Å². The molecule has 14 heavy (non-hydrogen) atoms. The van der Waals surface area contributed by atoms with E-state index in [0.29, 0.717) is 5.33 Å². The maximum atomic E-state index is 11.7. The highest BCUT2D eigenvalue weighted by Gasteiger charge is 2.15. The maximum absolute atomic E-state index is 11.7. The Morgan fingerprint density at radius 3 is 2.64 bits per heavy atom. The minimum atomic E-state index is -0.150. The number of ketones is 1. The number of carbonyl (C=O) groups excluding carboxylic acids is 1. The van der Waals surface area contributed by atoms with Gasteiger partial charge in [0, 0.05) is 15.4 Å². The summed E-state index contributed by atoms with van der Waals surface area (Å²) in [5.74, 6) is 0.109. The van der Waals surface area contributed by atoms with Gasteiger partial charge < -0.3 is 0 Å². The second-order valence-electron chi connectivity index (χ2n) is 2.95. The number of aryl methyl sites for hydroxylation is 1. The number of hydrogen-bond donors (Lipinski definition) is 0. The van der Waals surface area contributed by atoms with Crippen molar-refractivity contribution < 1.29 is 4.79 Å². The Morgan fingerprint density at radius 2 is 2.14 bits per heavy atom. The quantitative estimate of drug-likeness (QED) is 0.566. The molecule has 0 saturated carbocycles. The molecule has 1 unspecified atom stereocenters. The van der Waals surface area contributed by atoms with E-state index in [-0.39, 0.29) is 10.6 Å². The molecule has 1 aromatic rings. The van der Waals surface area contributed by atoms with Crippen LogP contribution in [0.15, 0.2) is 22.7 Å². The number of carbonyl (C=O) groups is 1. The van der Waals surface area contributed by atoms with Crippen LogP contribution in [0.3, 0.4) is 0 Å². The summed E-state index contributed by atoms with van der Waals surface area (Å²) < 4.78 is 1.03. The van der Waals surface area contributed by atoms with E-state index in [0.717, 1.165) is 15.6 Å². The lowest BCUT2D eigenvalue weighted by atomic mass is 10.1. The van der Waals surface area contributed by atoms with Crippen LogP contribution >= 0.6 is 47.8 Å². The monoisotopic (exact) mass is 382 g/mol. The molecule has 0 aliphatic rings. The van der Waals surface area contributed by atoms with Crippen LogP contribution in [0.4, 0.5) is 0 Å². The van der Waals surface area contributed by atoms with E-state index in [2.05, 4.69) is 47.8 Å². The SMILES string of the molecule is Cc1cc(C(=O)C(Br)CBr)ccc1Br. The highest BCUT2D eigenvalue weighted by Crippen LogP contribution is 2.19. The van der Waals surface area contributed by atoms with E-state index >= 15 is 0 Å². The van der Waals surface area contributed by atoms with Gasteiger partial charge in [0.15, 0.2) is 5.78 Å². The molecule has 0 aliphatic heterocycles. The lowest BCUT2D eigenvalue weighted by molar-refractivity contribution is 0.0997. The van der Waals surface area contributed by atoms with Crippen molar-refractivity contribution in [1.82, 2.24) is 0 Å². The van der Waals surface area contributed by atoms with E-state index in [1.807, 2.05) is 25.1 Å². The average molecular weight is 385 g/mol. The minimum absolute atomic E-state index is 0.109. The molecule has 1 nitrogen and oxygen atoms in total. The highest BCUT2D eigenvalue weighted by atomic mass is 79.9. The zero-order valence-corrected chi connectivity index (χ0v) is 12.3. The summed E-state index contributed by atoms with van der Waals surface area (Å²) in [5, 5.41) is 0.626. The van der Waals surface area contributed by atoms with Crippen molar-refractivity contribution >= 4 is 53.6 Å². The van der Waals surface area contributed by atoms with E-state index in [1.165, 1.54) is 0 Å². The summed E-state index contributed by atoms with van der Waals surface area (Å²) in [6, 6.07) is 5.62. The Balaban J connectivity index is 2.97. The lowest BCUT2D eigenvalue weighted by Gasteiger charge is -2.06. The molecule has 0 aliphatic carbocycles. The summed E-state index contributed by atoms with van der Waals surface area (Å²) in [5.41, 5.74) is 1.82. The summed E-state index contributed by atoms with van der Waals surface area (Å²) in [6.07, 6.45) is 0. The van der Waals surface area contributed by atoms with Gasteiger partial charge in [-0.05, 0) is 24.6 Å². The lowest BCUT2D eigenvalue weighted by Crippen LogP contribution is -2.15. The van der Waals surface area contributed by atoms with Crippen LogP contribution in [0.25, 0.3) is 0 Å². The van der Waals surface area contributed by atoms with Crippen molar-refractivity contribution in [2.75, 3.05) is 5.33 Å². The van der Waals surface area contributed by atoms with Crippen LogP contribution in [-0.4, -0.2) is 15.9 Å². The van der Waals surface area contributed by atoms with Gasteiger partial charge in [-0.2, -0.15) is 0 Å².